The smallest absolute Gasteiger partial charge is 0.250 e. The zero-order chi connectivity index (χ0) is 15.2. The molecule has 0 spiro atoms. The van der Waals surface area contributed by atoms with E-state index in [-0.39, 0.29) is 12.4 Å². The van der Waals surface area contributed by atoms with Gasteiger partial charge in [-0.2, -0.15) is 4.98 Å². The highest BCUT2D eigenvalue weighted by Gasteiger charge is 2.37. The summed E-state index contributed by atoms with van der Waals surface area (Å²) in [6.07, 6.45) is 8.99. The predicted octanol–water partition coefficient (Wildman–Crippen LogP) is 4.11. The van der Waals surface area contributed by atoms with Crippen LogP contribution in [0.3, 0.4) is 0 Å². The zero-order valence-electron chi connectivity index (χ0n) is 13.2. The Kier molecular flexibility index (Phi) is 4.34. The van der Waals surface area contributed by atoms with Gasteiger partial charge in [0.05, 0.1) is 5.54 Å². The van der Waals surface area contributed by atoms with Gasteiger partial charge in [0.25, 0.3) is 5.89 Å². The maximum atomic E-state index is 6.33. The van der Waals surface area contributed by atoms with Crippen LogP contribution in [0.1, 0.15) is 68.2 Å². The van der Waals surface area contributed by atoms with E-state index < -0.39 is 5.54 Å². The highest BCUT2D eigenvalue weighted by Crippen LogP contribution is 2.47. The van der Waals surface area contributed by atoms with E-state index in [4.69, 9.17) is 14.7 Å². The lowest BCUT2D eigenvalue weighted by atomic mass is 9.99. The number of nitrogens with zero attached hydrogens (tertiary/aromatic N) is 2. The van der Waals surface area contributed by atoms with E-state index in [1.54, 1.807) is 6.08 Å². The van der Waals surface area contributed by atoms with Crippen molar-refractivity contribution in [3.05, 3.63) is 35.4 Å². The Hall–Kier alpha value is -1.59. The van der Waals surface area contributed by atoms with Crippen molar-refractivity contribution in [2.24, 2.45) is 11.7 Å². The fraction of sp³-hybridized carbons (Fsp3) is 0.529. The summed E-state index contributed by atoms with van der Waals surface area (Å²) in [5.74, 6) is 4.33. The molecule has 4 rings (SSSR count). The van der Waals surface area contributed by atoms with Crippen LogP contribution >= 0.6 is 12.4 Å². The van der Waals surface area contributed by atoms with Crippen LogP contribution in [0, 0.1) is 5.92 Å². The number of nitrogens with two attached hydrogens (primary N) is 1. The Morgan fingerprint density at radius 1 is 1.26 bits per heavy atom. The maximum absolute atomic E-state index is 6.33. The summed E-state index contributed by atoms with van der Waals surface area (Å²) in [5, 5.41) is 4.04. The van der Waals surface area contributed by atoms with Crippen molar-refractivity contribution in [3.63, 3.8) is 0 Å². The molecule has 0 saturated heterocycles. The Morgan fingerprint density at radius 3 is 2.70 bits per heavy atom. The molecular weight excluding hydrogens is 314 g/mol. The molecule has 6 heteroatoms. The molecule has 2 heterocycles. The lowest BCUT2D eigenvalue weighted by Crippen LogP contribution is -2.34. The van der Waals surface area contributed by atoms with Crippen molar-refractivity contribution in [2.75, 3.05) is 0 Å². The van der Waals surface area contributed by atoms with E-state index in [1.165, 1.54) is 6.42 Å². The van der Waals surface area contributed by atoms with Crippen LogP contribution in [0.5, 0.6) is 0 Å². The summed E-state index contributed by atoms with van der Waals surface area (Å²) in [5.41, 5.74) is 5.92. The first kappa shape index (κ1) is 16.3. The van der Waals surface area contributed by atoms with E-state index >= 15 is 0 Å². The monoisotopic (exact) mass is 335 g/mol. The molecule has 0 radical (unpaired) electrons. The zero-order valence-corrected chi connectivity index (χ0v) is 14.0. The lowest BCUT2D eigenvalue weighted by molar-refractivity contribution is 0.364. The van der Waals surface area contributed by atoms with Gasteiger partial charge in [0.1, 0.15) is 11.5 Å². The third-order valence-electron chi connectivity index (χ3n) is 4.90. The van der Waals surface area contributed by atoms with Crippen molar-refractivity contribution in [1.82, 2.24) is 10.1 Å². The molecule has 2 atom stereocenters. The van der Waals surface area contributed by atoms with Gasteiger partial charge >= 0.3 is 0 Å². The first-order valence-electron chi connectivity index (χ1n) is 8.05. The molecule has 5 nitrogen and oxygen atoms in total. The van der Waals surface area contributed by atoms with Crippen LogP contribution in [0.15, 0.2) is 21.1 Å². The van der Waals surface area contributed by atoms with E-state index in [1.807, 2.05) is 12.1 Å². The normalized spacial score (nSPS) is 25.7. The van der Waals surface area contributed by atoms with Gasteiger partial charge in [-0.1, -0.05) is 24.9 Å². The molecule has 23 heavy (non-hydrogen) atoms. The third kappa shape index (κ3) is 3.21. The van der Waals surface area contributed by atoms with Crippen LogP contribution in [-0.2, 0) is 5.54 Å². The molecule has 2 unspecified atom stereocenters. The van der Waals surface area contributed by atoms with Crippen LogP contribution in [0.4, 0.5) is 0 Å². The van der Waals surface area contributed by atoms with Gasteiger partial charge in [-0.05, 0) is 43.4 Å². The Labute approximate surface area is 141 Å². The highest BCUT2D eigenvalue weighted by atomic mass is 35.5. The minimum atomic E-state index is -0.407. The highest BCUT2D eigenvalue weighted by molar-refractivity contribution is 5.85. The lowest BCUT2D eigenvalue weighted by Gasteiger charge is -2.17. The Morgan fingerprint density at radius 2 is 2.00 bits per heavy atom. The quantitative estimate of drug-likeness (QED) is 0.909. The van der Waals surface area contributed by atoms with E-state index in [9.17, 15) is 0 Å². The van der Waals surface area contributed by atoms with Gasteiger partial charge in [-0.15, -0.1) is 12.4 Å². The van der Waals surface area contributed by atoms with E-state index in [2.05, 4.69) is 23.1 Å². The minimum absolute atomic E-state index is 0. The summed E-state index contributed by atoms with van der Waals surface area (Å²) >= 11 is 0. The summed E-state index contributed by atoms with van der Waals surface area (Å²) in [4.78, 5) is 4.41. The van der Waals surface area contributed by atoms with Gasteiger partial charge < -0.3 is 14.7 Å². The van der Waals surface area contributed by atoms with Gasteiger partial charge in [0, 0.05) is 12.0 Å². The first-order chi connectivity index (χ1) is 10.6. The van der Waals surface area contributed by atoms with Crippen molar-refractivity contribution < 1.29 is 8.94 Å². The summed E-state index contributed by atoms with van der Waals surface area (Å²) in [6.45, 7) is 2.24. The molecule has 0 aromatic carbocycles. The van der Waals surface area contributed by atoms with Gasteiger partial charge in [-0.25, -0.2) is 0 Å². The first-order valence-corrected chi connectivity index (χ1v) is 8.05. The Bertz CT molecular complexity index is 700. The molecule has 2 aromatic rings. The largest absolute Gasteiger partial charge is 0.461 e. The van der Waals surface area contributed by atoms with Crippen molar-refractivity contribution in [1.29, 1.82) is 0 Å². The van der Waals surface area contributed by atoms with Crippen LogP contribution in [-0.4, -0.2) is 10.1 Å². The fourth-order valence-corrected chi connectivity index (χ4v) is 3.26. The topological polar surface area (TPSA) is 78.1 Å². The van der Waals surface area contributed by atoms with Gasteiger partial charge in [-0.3, -0.25) is 0 Å². The fourth-order valence-electron chi connectivity index (χ4n) is 3.26. The van der Waals surface area contributed by atoms with E-state index in [0.29, 0.717) is 17.6 Å². The average Bonchev–Trinajstić information content (AvgIpc) is 3.00. The summed E-state index contributed by atoms with van der Waals surface area (Å²) in [7, 11) is 0. The molecule has 2 aromatic heterocycles. The van der Waals surface area contributed by atoms with Crippen molar-refractivity contribution in [3.8, 4) is 0 Å². The van der Waals surface area contributed by atoms with Gasteiger partial charge in [0.2, 0.25) is 0 Å². The van der Waals surface area contributed by atoms with Crippen LogP contribution in [0.2, 0.25) is 0 Å². The number of hydrogen-bond donors (Lipinski definition) is 1. The number of halogens is 1. The number of rotatable bonds is 4. The second-order valence-corrected chi connectivity index (χ2v) is 6.71. The van der Waals surface area contributed by atoms with Crippen molar-refractivity contribution in [2.45, 2.75) is 50.5 Å². The van der Waals surface area contributed by atoms with Gasteiger partial charge in [0.15, 0.2) is 5.82 Å². The molecule has 0 bridgehead atoms. The number of hydrogen-bond acceptors (Lipinski definition) is 5. The molecule has 2 aliphatic rings. The minimum Gasteiger partial charge on any atom is -0.461 e. The molecule has 2 saturated carbocycles. The van der Waals surface area contributed by atoms with E-state index in [0.717, 1.165) is 43.1 Å². The number of furan rings is 1. The Balaban J connectivity index is 0.00000156. The van der Waals surface area contributed by atoms with Crippen molar-refractivity contribution >= 4 is 24.6 Å². The predicted molar refractivity (Wildman–Crippen MR) is 90.0 cm³/mol. The average molecular weight is 336 g/mol. The molecule has 0 amide bonds. The molecule has 2 N–H and O–H groups in total. The summed E-state index contributed by atoms with van der Waals surface area (Å²) < 4.78 is 11.1. The molecule has 2 fully saturated rings. The molecule has 0 aliphatic heterocycles. The molecular formula is C17H22ClN3O2. The maximum Gasteiger partial charge on any atom is 0.250 e. The van der Waals surface area contributed by atoms with Crippen LogP contribution in [0.25, 0.3) is 12.2 Å². The standard InChI is InChI=1S/C17H21N3O2.ClH/c1-11-10-13(11)14-6-4-12(21-14)5-7-15-19-16(20-22-15)17(18)8-2-3-9-17;/h4-7,11,13H,2-3,8-10,18H2,1H3;1H/b7-5+;. The molecule has 2 aliphatic carbocycles. The third-order valence-corrected chi connectivity index (χ3v) is 4.90. The second kappa shape index (κ2) is 6.13. The molecule has 124 valence electrons. The van der Waals surface area contributed by atoms with Crippen LogP contribution < -0.4 is 5.73 Å². The second-order valence-electron chi connectivity index (χ2n) is 6.71. The SMILES string of the molecule is CC1CC1c1ccc(/C=C/c2nc(C3(N)CCCC3)no2)o1.Cl. The summed E-state index contributed by atoms with van der Waals surface area (Å²) in [6, 6.07) is 4.04. The number of aromatic nitrogens is 2.